The summed E-state index contributed by atoms with van der Waals surface area (Å²) in [5, 5.41) is 10.5. The number of hydrogen-bond acceptors (Lipinski definition) is 8. The van der Waals surface area contributed by atoms with E-state index in [1.165, 1.54) is 4.90 Å². The fraction of sp³-hybridized carbons (Fsp3) is 0.571. The first-order chi connectivity index (χ1) is 18.7. The zero-order valence-corrected chi connectivity index (χ0v) is 23.7. The van der Waals surface area contributed by atoms with E-state index in [-0.39, 0.29) is 0 Å². The van der Waals surface area contributed by atoms with E-state index in [0.717, 1.165) is 85.4 Å². The molecule has 0 spiro atoms. The number of benzene rings is 1. The van der Waals surface area contributed by atoms with Crippen LogP contribution in [0, 0.1) is 5.92 Å². The third kappa shape index (κ3) is 4.83. The van der Waals surface area contributed by atoms with Gasteiger partial charge in [0.2, 0.25) is 11.9 Å². The van der Waals surface area contributed by atoms with Gasteiger partial charge in [0.15, 0.2) is 22.8 Å². The molecule has 3 aromatic heterocycles. The highest BCUT2D eigenvalue weighted by Crippen LogP contribution is 2.30. The molecule has 2 fully saturated rings. The number of aryl methyl sites for hydroxylation is 1. The molecule has 1 aromatic carbocycles. The summed E-state index contributed by atoms with van der Waals surface area (Å²) in [4.78, 5) is 26.0. The third-order valence-corrected chi connectivity index (χ3v) is 8.33. The molecule has 208 valence electrons. The minimum atomic E-state index is -0.620. The molecule has 0 saturated carbocycles. The molecule has 39 heavy (non-hydrogen) atoms. The zero-order chi connectivity index (χ0) is 27.3. The van der Waals surface area contributed by atoms with Crippen molar-refractivity contribution in [2.75, 3.05) is 63.3 Å². The molecule has 11 heteroatoms. The Morgan fingerprint density at radius 3 is 2.46 bits per heavy atom. The van der Waals surface area contributed by atoms with Crippen LogP contribution in [0.15, 0.2) is 24.3 Å². The number of nitrogens with one attached hydrogen (secondary N) is 1. The first-order valence-electron chi connectivity index (χ1n) is 14.0. The van der Waals surface area contributed by atoms with Crippen LogP contribution < -0.4 is 14.7 Å². The highest BCUT2D eigenvalue weighted by Gasteiger charge is 2.33. The topological polar surface area (TPSA) is 102 Å². The molecule has 6 rings (SSSR count). The average molecular weight is 535 g/mol. The van der Waals surface area contributed by atoms with E-state index in [9.17, 15) is 5.11 Å². The Morgan fingerprint density at radius 1 is 1.05 bits per heavy atom. The highest BCUT2D eigenvalue weighted by molar-refractivity contribution is 5.86. The first kappa shape index (κ1) is 26.0. The van der Waals surface area contributed by atoms with Gasteiger partial charge in [-0.25, -0.2) is 14.5 Å². The number of quaternary nitrogens is 1. The molecule has 0 bridgehead atoms. The number of morpholine rings is 1. The van der Waals surface area contributed by atoms with Gasteiger partial charge in [-0.3, -0.25) is 0 Å². The summed E-state index contributed by atoms with van der Waals surface area (Å²) in [6.45, 7) is 9.59. The molecule has 4 aromatic rings. The van der Waals surface area contributed by atoms with Gasteiger partial charge in [-0.1, -0.05) is 12.1 Å². The lowest BCUT2D eigenvalue weighted by Gasteiger charge is -2.35. The van der Waals surface area contributed by atoms with Crippen molar-refractivity contribution in [3.63, 3.8) is 0 Å². The summed E-state index contributed by atoms with van der Waals surface area (Å²) in [7, 11) is 6.04. The molecule has 5 heterocycles. The van der Waals surface area contributed by atoms with Crippen LogP contribution >= 0.6 is 0 Å². The third-order valence-electron chi connectivity index (χ3n) is 8.33. The number of ether oxygens (including phenoxy) is 1. The van der Waals surface area contributed by atoms with E-state index < -0.39 is 5.60 Å². The lowest BCUT2D eigenvalue weighted by atomic mass is 9.83. The van der Waals surface area contributed by atoms with Crippen molar-refractivity contribution in [3.8, 4) is 5.95 Å². The molecule has 0 radical (unpaired) electrons. The van der Waals surface area contributed by atoms with E-state index in [4.69, 9.17) is 24.7 Å². The second-order valence-corrected chi connectivity index (χ2v) is 11.7. The molecule has 11 nitrogen and oxygen atoms in total. The van der Waals surface area contributed by atoms with Crippen LogP contribution in [0.5, 0.6) is 0 Å². The number of anilines is 2. The molecule has 0 atom stereocenters. The minimum absolute atomic E-state index is 0.346. The quantitative estimate of drug-likeness (QED) is 0.380. The fourth-order valence-corrected chi connectivity index (χ4v) is 5.98. The summed E-state index contributed by atoms with van der Waals surface area (Å²) in [5.41, 5.74) is 2.91. The Labute approximate surface area is 229 Å². The zero-order valence-electron chi connectivity index (χ0n) is 23.7. The molecule has 0 amide bonds. The number of aliphatic hydroxyl groups is 1. The first-order valence-corrected chi connectivity index (χ1v) is 14.0. The fourth-order valence-electron chi connectivity index (χ4n) is 5.98. The Morgan fingerprint density at radius 2 is 1.77 bits per heavy atom. The van der Waals surface area contributed by atoms with Gasteiger partial charge < -0.3 is 29.1 Å². The predicted molar refractivity (Wildman–Crippen MR) is 152 cm³/mol. The van der Waals surface area contributed by atoms with Crippen molar-refractivity contribution < 1.29 is 14.7 Å². The van der Waals surface area contributed by atoms with Crippen LogP contribution in [0.1, 0.15) is 32.5 Å². The Balaban J connectivity index is 1.43. The van der Waals surface area contributed by atoms with Crippen molar-refractivity contribution >= 4 is 34.0 Å². The number of piperidine rings is 1. The van der Waals surface area contributed by atoms with Gasteiger partial charge in [-0.05, 0) is 31.9 Å². The summed E-state index contributed by atoms with van der Waals surface area (Å²) >= 11 is 0. The lowest BCUT2D eigenvalue weighted by Crippen LogP contribution is -3.12. The average Bonchev–Trinajstić information content (AvgIpc) is 3.47. The van der Waals surface area contributed by atoms with Gasteiger partial charge >= 0.3 is 0 Å². The van der Waals surface area contributed by atoms with Gasteiger partial charge in [-0.15, -0.1) is 0 Å². The molecular formula is C28H40N9O2+. The van der Waals surface area contributed by atoms with E-state index in [0.29, 0.717) is 25.1 Å². The summed E-state index contributed by atoms with van der Waals surface area (Å²) < 4.78 is 9.82. The van der Waals surface area contributed by atoms with Crippen molar-refractivity contribution in [1.29, 1.82) is 0 Å². The van der Waals surface area contributed by atoms with E-state index >= 15 is 0 Å². The van der Waals surface area contributed by atoms with Crippen molar-refractivity contribution in [1.82, 2.24) is 29.1 Å². The van der Waals surface area contributed by atoms with Gasteiger partial charge in [0.1, 0.15) is 6.54 Å². The van der Waals surface area contributed by atoms with Gasteiger partial charge in [-0.2, -0.15) is 9.97 Å². The second kappa shape index (κ2) is 10.0. The number of likely N-dealkylation sites (tertiary alicyclic amines) is 1. The smallest absolute Gasteiger partial charge is 0.241 e. The SMILES string of the molecule is CN(C)c1nc2ccccc2n1-c1nc(N2CCOCC2)c2nc(C[NH+]3CCC(C(C)(C)O)CC3)n(C)c2n1. The highest BCUT2D eigenvalue weighted by atomic mass is 16.5. The van der Waals surface area contributed by atoms with Crippen LogP contribution in [0.25, 0.3) is 28.1 Å². The van der Waals surface area contributed by atoms with Gasteiger partial charge in [0, 0.05) is 47.1 Å². The number of nitrogens with zero attached hydrogens (tertiary/aromatic N) is 8. The molecule has 0 unspecified atom stereocenters. The normalized spacial score (nSPS) is 20.7. The van der Waals surface area contributed by atoms with E-state index in [1.807, 2.05) is 55.6 Å². The van der Waals surface area contributed by atoms with Crippen LogP contribution in [0.4, 0.5) is 11.8 Å². The standard InChI is InChI=1S/C28H39N9O2/c1-28(2,38)19-10-12-35(13-11-19)18-22-30-23-24(34(22)5)31-26(32-25(23)36-14-16-39-17-15-36)37-21-9-7-6-8-20(21)29-27(37)33(3)4/h6-9,19,38H,10-18H2,1-5H3/p+1. The van der Waals surface area contributed by atoms with E-state index in [1.54, 1.807) is 0 Å². The monoisotopic (exact) mass is 534 g/mol. The molecular weight excluding hydrogens is 494 g/mol. The van der Waals surface area contributed by atoms with Crippen molar-refractivity contribution in [2.24, 2.45) is 13.0 Å². The number of hydrogen-bond donors (Lipinski definition) is 2. The number of fused-ring (bicyclic) bond motifs is 2. The number of imidazole rings is 2. The van der Waals surface area contributed by atoms with Crippen molar-refractivity contribution in [3.05, 3.63) is 30.1 Å². The summed E-state index contributed by atoms with van der Waals surface area (Å²) in [6, 6.07) is 8.11. The second-order valence-electron chi connectivity index (χ2n) is 11.7. The predicted octanol–water partition coefficient (Wildman–Crippen LogP) is 1.17. The number of rotatable bonds is 6. The van der Waals surface area contributed by atoms with Gasteiger partial charge in [0.05, 0.1) is 42.9 Å². The minimum Gasteiger partial charge on any atom is -0.390 e. The van der Waals surface area contributed by atoms with Crippen LogP contribution in [-0.4, -0.2) is 93.3 Å². The Bertz CT molecular complexity index is 1470. The largest absolute Gasteiger partial charge is 0.390 e. The van der Waals surface area contributed by atoms with Crippen LogP contribution in [0.2, 0.25) is 0 Å². The van der Waals surface area contributed by atoms with Crippen molar-refractivity contribution in [2.45, 2.75) is 38.8 Å². The lowest BCUT2D eigenvalue weighted by molar-refractivity contribution is -0.920. The number of para-hydroxylation sites is 2. The molecule has 2 aliphatic rings. The number of aromatic nitrogens is 6. The molecule has 0 aliphatic carbocycles. The summed E-state index contributed by atoms with van der Waals surface area (Å²) in [5.74, 6) is 3.57. The molecule has 2 aliphatic heterocycles. The van der Waals surface area contributed by atoms with E-state index in [2.05, 4.69) is 22.6 Å². The molecule has 2 N–H and O–H groups in total. The molecule has 2 saturated heterocycles. The maximum absolute atomic E-state index is 10.5. The maximum Gasteiger partial charge on any atom is 0.241 e. The van der Waals surface area contributed by atoms with Crippen LogP contribution in [-0.2, 0) is 18.3 Å². The maximum atomic E-state index is 10.5. The Kier molecular flexibility index (Phi) is 6.68. The Hall–Kier alpha value is -3.28. The van der Waals surface area contributed by atoms with Crippen LogP contribution in [0.3, 0.4) is 0 Å². The summed E-state index contributed by atoms with van der Waals surface area (Å²) in [6.07, 6.45) is 2.04. The van der Waals surface area contributed by atoms with Gasteiger partial charge in [0.25, 0.3) is 0 Å².